The molecule has 0 saturated heterocycles. The van der Waals surface area contributed by atoms with E-state index in [2.05, 4.69) is 82.2 Å². The molecule has 0 radical (unpaired) electrons. The van der Waals surface area contributed by atoms with Crippen LogP contribution < -0.4 is 0 Å². The Morgan fingerprint density at radius 1 is 0.824 bits per heavy atom. The van der Waals surface area contributed by atoms with Crippen LogP contribution in [0.3, 0.4) is 0 Å². The highest BCUT2D eigenvalue weighted by Gasteiger charge is 2.30. The van der Waals surface area contributed by atoms with Gasteiger partial charge in [-0.3, -0.25) is 4.79 Å². The predicted octanol–water partition coefficient (Wildman–Crippen LogP) is 10.5. The van der Waals surface area contributed by atoms with Crippen LogP contribution in [0, 0.1) is 28.1 Å². The van der Waals surface area contributed by atoms with Crippen LogP contribution in [0.2, 0.25) is 0 Å². The molecule has 3 unspecified atom stereocenters. The first kappa shape index (κ1) is 33.2. The summed E-state index contributed by atoms with van der Waals surface area (Å²) >= 11 is 0. The third-order valence-electron chi connectivity index (χ3n) is 9.90. The van der Waals surface area contributed by atoms with Gasteiger partial charge in [0.1, 0.15) is 6.61 Å². The largest absolute Gasteiger partial charge is 0.461 e. The van der Waals surface area contributed by atoms with E-state index >= 15 is 0 Å². The number of ether oxygens (including phenoxy) is 1. The van der Waals surface area contributed by atoms with Gasteiger partial charge in [-0.05, 0) is 66.8 Å². The van der Waals surface area contributed by atoms with Gasteiger partial charge >= 0.3 is 5.97 Å². The van der Waals surface area contributed by atoms with Crippen LogP contribution in [0.1, 0.15) is 153 Å². The molecule has 202 valence electrons. The number of allylic oxidation sites excluding steroid dienone is 1. The summed E-state index contributed by atoms with van der Waals surface area (Å²) in [5, 5.41) is 0. The number of hydrogen-bond acceptors (Lipinski definition) is 2. The van der Waals surface area contributed by atoms with Gasteiger partial charge in [-0.2, -0.15) is 0 Å². The predicted molar refractivity (Wildman–Crippen MR) is 151 cm³/mol. The minimum Gasteiger partial charge on any atom is -0.461 e. The van der Waals surface area contributed by atoms with E-state index in [0.29, 0.717) is 18.4 Å². The number of carbonyl (C=O) groups is 1. The van der Waals surface area contributed by atoms with Crippen molar-refractivity contribution in [3.05, 3.63) is 11.6 Å². The molecular weight excluding hydrogens is 416 g/mol. The van der Waals surface area contributed by atoms with E-state index < -0.39 is 0 Å². The van der Waals surface area contributed by atoms with E-state index in [1.54, 1.807) is 0 Å². The van der Waals surface area contributed by atoms with Crippen molar-refractivity contribution in [2.24, 2.45) is 28.1 Å². The van der Waals surface area contributed by atoms with E-state index in [-0.39, 0.29) is 16.8 Å². The van der Waals surface area contributed by atoms with Crippen LogP contribution in [0.15, 0.2) is 11.6 Å². The molecule has 0 bridgehead atoms. The average molecular weight is 479 g/mol. The molecule has 0 aromatic rings. The van der Waals surface area contributed by atoms with Crippen molar-refractivity contribution in [3.63, 3.8) is 0 Å². The van der Waals surface area contributed by atoms with Gasteiger partial charge in [0.15, 0.2) is 0 Å². The lowest BCUT2D eigenvalue weighted by Gasteiger charge is -2.37. The minimum absolute atomic E-state index is 0.0551. The van der Waals surface area contributed by atoms with Crippen LogP contribution in [0.25, 0.3) is 0 Å². The molecule has 0 saturated carbocycles. The first-order valence-corrected chi connectivity index (χ1v) is 14.6. The van der Waals surface area contributed by atoms with Crippen LogP contribution in [-0.4, -0.2) is 12.6 Å². The van der Waals surface area contributed by atoms with Crippen molar-refractivity contribution in [2.75, 3.05) is 6.61 Å². The molecule has 0 N–H and O–H groups in total. The van der Waals surface area contributed by atoms with Crippen LogP contribution in [-0.2, 0) is 9.53 Å². The van der Waals surface area contributed by atoms with Gasteiger partial charge in [0.2, 0.25) is 0 Å². The summed E-state index contributed by atoms with van der Waals surface area (Å²) < 4.78 is 5.58. The van der Waals surface area contributed by atoms with Crippen molar-refractivity contribution in [3.8, 4) is 0 Å². The minimum atomic E-state index is -0.0551. The standard InChI is InChI=1S/C32H62O2/c1-12-30(9,13-2)24-20-29(33)34-25-21-28(8)32(11,15-4)23-17-19-27(7)31(10,14-3)22-16-18-26(5)6/h21,26-27H,12-20,22-25H2,1-11H3/b28-21+. The van der Waals surface area contributed by atoms with Gasteiger partial charge < -0.3 is 4.74 Å². The molecule has 0 aliphatic carbocycles. The van der Waals surface area contributed by atoms with Crippen molar-refractivity contribution >= 4 is 5.97 Å². The molecule has 0 spiro atoms. The van der Waals surface area contributed by atoms with E-state index in [9.17, 15) is 4.79 Å². The van der Waals surface area contributed by atoms with Crippen molar-refractivity contribution in [2.45, 2.75) is 153 Å². The maximum atomic E-state index is 12.3. The molecule has 2 heteroatoms. The summed E-state index contributed by atoms with van der Waals surface area (Å²) in [4.78, 5) is 12.3. The van der Waals surface area contributed by atoms with Gasteiger partial charge in [0, 0.05) is 6.42 Å². The zero-order chi connectivity index (χ0) is 26.4. The molecule has 0 aliphatic heterocycles. The van der Waals surface area contributed by atoms with Crippen LogP contribution >= 0.6 is 0 Å². The van der Waals surface area contributed by atoms with Crippen LogP contribution in [0.5, 0.6) is 0 Å². The van der Waals surface area contributed by atoms with Gasteiger partial charge in [-0.15, -0.1) is 0 Å². The smallest absolute Gasteiger partial charge is 0.306 e. The Balaban J connectivity index is 4.71. The summed E-state index contributed by atoms with van der Waals surface area (Å²) in [6.45, 7) is 26.1. The highest BCUT2D eigenvalue weighted by molar-refractivity contribution is 5.69. The Morgan fingerprint density at radius 3 is 1.91 bits per heavy atom. The number of carbonyl (C=O) groups excluding carboxylic acids is 1. The lowest BCUT2D eigenvalue weighted by Crippen LogP contribution is -2.26. The van der Waals surface area contributed by atoms with Gasteiger partial charge in [0.05, 0.1) is 0 Å². The molecule has 3 atom stereocenters. The van der Waals surface area contributed by atoms with E-state index in [1.807, 2.05) is 0 Å². The molecule has 0 amide bonds. The normalized spacial score (nSPS) is 17.4. The lowest BCUT2D eigenvalue weighted by atomic mass is 9.69. The number of rotatable bonds is 19. The van der Waals surface area contributed by atoms with Crippen molar-refractivity contribution in [1.29, 1.82) is 0 Å². The maximum Gasteiger partial charge on any atom is 0.306 e. The third-order valence-corrected chi connectivity index (χ3v) is 9.90. The third kappa shape index (κ3) is 11.8. The Hall–Kier alpha value is -0.790. The van der Waals surface area contributed by atoms with E-state index in [4.69, 9.17) is 4.74 Å². The van der Waals surface area contributed by atoms with Crippen molar-refractivity contribution in [1.82, 2.24) is 0 Å². The zero-order valence-electron chi connectivity index (χ0n) is 25.2. The Kier molecular flexibility index (Phi) is 15.7. The monoisotopic (exact) mass is 478 g/mol. The molecule has 0 aromatic carbocycles. The first-order chi connectivity index (χ1) is 15.8. The SMILES string of the molecule is CCC(C)(CC)CCC(=O)OC/C=C(\C)C(C)(CC)CCCC(C)C(C)(CC)CCCC(C)C. The molecule has 0 aliphatic rings. The van der Waals surface area contributed by atoms with Crippen molar-refractivity contribution < 1.29 is 9.53 Å². The molecular formula is C32H62O2. The van der Waals surface area contributed by atoms with Gasteiger partial charge in [0.25, 0.3) is 0 Å². The lowest BCUT2D eigenvalue weighted by molar-refractivity contribution is -0.143. The topological polar surface area (TPSA) is 26.3 Å². The quantitative estimate of drug-likeness (QED) is 0.136. The first-order valence-electron chi connectivity index (χ1n) is 14.6. The second kappa shape index (κ2) is 16.1. The summed E-state index contributed by atoms with van der Waals surface area (Å²) in [5.74, 6) is 1.51. The van der Waals surface area contributed by atoms with E-state index in [0.717, 1.165) is 37.5 Å². The number of esters is 1. The summed E-state index contributed by atoms with van der Waals surface area (Å²) in [6.07, 6.45) is 16.1. The van der Waals surface area contributed by atoms with Crippen LogP contribution in [0.4, 0.5) is 0 Å². The highest BCUT2D eigenvalue weighted by Crippen LogP contribution is 2.42. The second-order valence-electron chi connectivity index (χ2n) is 12.6. The average Bonchev–Trinajstić information content (AvgIpc) is 2.81. The molecule has 2 nitrogen and oxygen atoms in total. The fourth-order valence-electron chi connectivity index (χ4n) is 5.07. The zero-order valence-corrected chi connectivity index (χ0v) is 25.2. The fraction of sp³-hybridized carbons (Fsp3) is 0.906. The fourth-order valence-corrected chi connectivity index (χ4v) is 5.07. The van der Waals surface area contributed by atoms with Gasteiger partial charge in [-0.25, -0.2) is 0 Å². The Labute approximate surface area is 215 Å². The maximum absolute atomic E-state index is 12.3. The molecule has 0 fully saturated rings. The highest BCUT2D eigenvalue weighted by atomic mass is 16.5. The second-order valence-corrected chi connectivity index (χ2v) is 12.6. The summed E-state index contributed by atoms with van der Waals surface area (Å²) in [6, 6.07) is 0. The summed E-state index contributed by atoms with van der Waals surface area (Å²) in [7, 11) is 0. The molecule has 0 aromatic heterocycles. The Morgan fingerprint density at radius 2 is 1.41 bits per heavy atom. The van der Waals surface area contributed by atoms with Gasteiger partial charge in [-0.1, -0.05) is 120 Å². The van der Waals surface area contributed by atoms with E-state index in [1.165, 1.54) is 50.5 Å². The molecule has 0 heterocycles. The summed E-state index contributed by atoms with van der Waals surface area (Å²) in [5.41, 5.74) is 2.28. The molecule has 0 rings (SSSR count). The number of hydrogen-bond donors (Lipinski definition) is 0. The Bertz CT molecular complexity index is 586. The molecule has 34 heavy (non-hydrogen) atoms.